The number of ether oxygens (including phenoxy) is 1. The molecule has 1 unspecified atom stereocenters. The number of fused-ring (bicyclic) bond motifs is 1. The van der Waals surface area contributed by atoms with Crippen LogP contribution in [-0.4, -0.2) is 37.7 Å². The number of nitrogens with zero attached hydrogens (tertiary/aromatic N) is 1. The van der Waals surface area contributed by atoms with Crippen LogP contribution in [0.2, 0.25) is 18.1 Å². The van der Waals surface area contributed by atoms with Gasteiger partial charge < -0.3 is 25.4 Å². The molecule has 0 fully saturated rings. The number of alkyl carbamates (subject to hydrolysis) is 1. The summed E-state index contributed by atoms with van der Waals surface area (Å²) in [5.41, 5.74) is 8.01. The molecule has 7 nitrogen and oxygen atoms in total. The minimum atomic E-state index is -1.86. The molecular formula is C23H39N3O4Si. The number of amidine groups is 1. The quantitative estimate of drug-likeness (QED) is 0.188. The molecule has 0 aliphatic heterocycles. The van der Waals surface area contributed by atoms with Crippen molar-refractivity contribution in [3.63, 3.8) is 0 Å². The van der Waals surface area contributed by atoms with Crippen molar-refractivity contribution < 1.29 is 19.2 Å². The van der Waals surface area contributed by atoms with E-state index in [0.29, 0.717) is 18.6 Å². The summed E-state index contributed by atoms with van der Waals surface area (Å²) in [6.07, 6.45) is 1.05. The molecule has 4 N–H and O–H groups in total. The van der Waals surface area contributed by atoms with E-state index in [9.17, 15) is 10.0 Å². The maximum atomic E-state index is 12.6. The van der Waals surface area contributed by atoms with Crippen LogP contribution in [0.15, 0.2) is 23.4 Å². The summed E-state index contributed by atoms with van der Waals surface area (Å²) in [5, 5.41) is 15.6. The smallest absolute Gasteiger partial charge is 0.408 e. The van der Waals surface area contributed by atoms with E-state index in [2.05, 4.69) is 44.3 Å². The lowest BCUT2D eigenvalue weighted by atomic mass is 9.97. The van der Waals surface area contributed by atoms with Gasteiger partial charge in [0.1, 0.15) is 5.60 Å². The summed E-state index contributed by atoms with van der Waals surface area (Å²) in [4.78, 5) is 12.6. The van der Waals surface area contributed by atoms with Crippen molar-refractivity contribution in [2.24, 2.45) is 16.8 Å². The number of carbonyl (C=O) groups is 1. The maximum Gasteiger partial charge on any atom is 0.408 e. The summed E-state index contributed by atoms with van der Waals surface area (Å²) in [6, 6.07) is 5.47. The second kappa shape index (κ2) is 9.20. The molecule has 31 heavy (non-hydrogen) atoms. The fourth-order valence-corrected chi connectivity index (χ4v) is 4.69. The SMILES string of the molecule is CC(C)(C)OC(=O)N[C@H]1c2cccc(C(N)=NO)c2CC1CCO[Si](C)(C)C(C)(C)C. The minimum absolute atomic E-state index is 0.0750. The molecule has 0 heterocycles. The van der Waals surface area contributed by atoms with Crippen LogP contribution in [0.5, 0.6) is 0 Å². The molecule has 0 saturated heterocycles. The van der Waals surface area contributed by atoms with E-state index in [0.717, 1.165) is 17.5 Å². The fraction of sp³-hybridized carbons (Fsp3) is 0.652. The summed E-state index contributed by atoms with van der Waals surface area (Å²) >= 11 is 0. The Kier molecular flexibility index (Phi) is 7.48. The number of rotatable bonds is 6. The van der Waals surface area contributed by atoms with E-state index >= 15 is 0 Å². The van der Waals surface area contributed by atoms with Gasteiger partial charge in [-0.1, -0.05) is 44.1 Å². The Hall–Kier alpha value is -2.06. The molecule has 0 radical (unpaired) electrons. The van der Waals surface area contributed by atoms with Crippen LogP contribution in [0, 0.1) is 5.92 Å². The van der Waals surface area contributed by atoms with Crippen molar-refractivity contribution in [2.45, 2.75) is 84.2 Å². The number of benzene rings is 1. The van der Waals surface area contributed by atoms with E-state index in [4.69, 9.17) is 14.9 Å². The highest BCUT2D eigenvalue weighted by Crippen LogP contribution is 2.41. The standard InChI is InChI=1S/C23H39N3O4Si/c1-22(2,3)30-21(27)25-19-15(12-13-29-31(7,8)23(4,5)6)14-18-16(19)10-9-11-17(18)20(24)26-28/h9-11,15,19,28H,12-14H2,1-8H3,(H2,24,26)(H,25,27)/t15?,19-/m1/s1. The molecule has 1 aromatic rings. The zero-order chi connectivity index (χ0) is 23.6. The summed E-state index contributed by atoms with van der Waals surface area (Å²) in [6.45, 7) is 17.3. The Bertz CT molecular complexity index is 825. The van der Waals surface area contributed by atoms with E-state index in [1.165, 1.54) is 0 Å². The first-order chi connectivity index (χ1) is 14.2. The van der Waals surface area contributed by atoms with Crippen LogP contribution < -0.4 is 11.1 Å². The van der Waals surface area contributed by atoms with Crippen LogP contribution in [0.25, 0.3) is 0 Å². The van der Waals surface area contributed by atoms with Crippen LogP contribution in [-0.2, 0) is 15.6 Å². The first kappa shape index (κ1) is 25.2. The number of carbonyl (C=O) groups excluding carboxylic acids is 1. The van der Waals surface area contributed by atoms with Gasteiger partial charge in [-0.2, -0.15) is 0 Å². The number of hydrogen-bond donors (Lipinski definition) is 3. The molecular weight excluding hydrogens is 410 g/mol. The highest BCUT2D eigenvalue weighted by molar-refractivity contribution is 6.74. The average molecular weight is 450 g/mol. The number of nitrogens with two attached hydrogens (primary N) is 1. The molecule has 0 bridgehead atoms. The average Bonchev–Trinajstić information content (AvgIpc) is 2.96. The number of amides is 1. The van der Waals surface area contributed by atoms with Crippen molar-refractivity contribution >= 4 is 20.2 Å². The molecule has 1 amide bonds. The zero-order valence-corrected chi connectivity index (χ0v) is 21.2. The third kappa shape index (κ3) is 6.23. The second-order valence-electron chi connectivity index (χ2n) is 10.8. The van der Waals surface area contributed by atoms with Crippen molar-refractivity contribution in [2.75, 3.05) is 6.61 Å². The molecule has 0 aromatic heterocycles. The molecule has 1 aliphatic carbocycles. The van der Waals surface area contributed by atoms with Gasteiger partial charge in [-0.3, -0.25) is 0 Å². The van der Waals surface area contributed by atoms with Crippen LogP contribution in [0.3, 0.4) is 0 Å². The molecule has 8 heteroatoms. The van der Waals surface area contributed by atoms with Gasteiger partial charge in [-0.15, -0.1) is 0 Å². The lowest BCUT2D eigenvalue weighted by Gasteiger charge is -2.36. The van der Waals surface area contributed by atoms with Crippen molar-refractivity contribution in [3.8, 4) is 0 Å². The topological polar surface area (TPSA) is 106 Å². The summed E-state index contributed by atoms with van der Waals surface area (Å²) < 4.78 is 11.9. The highest BCUT2D eigenvalue weighted by atomic mass is 28.4. The van der Waals surface area contributed by atoms with E-state index in [-0.39, 0.29) is 22.8 Å². The van der Waals surface area contributed by atoms with Gasteiger partial charge in [0, 0.05) is 12.2 Å². The maximum absolute atomic E-state index is 12.6. The Morgan fingerprint density at radius 3 is 2.45 bits per heavy atom. The monoisotopic (exact) mass is 449 g/mol. The highest BCUT2D eigenvalue weighted by Gasteiger charge is 2.39. The molecule has 1 aliphatic rings. The Balaban J connectivity index is 2.25. The third-order valence-corrected chi connectivity index (χ3v) is 10.8. The predicted octanol–water partition coefficient (Wildman–Crippen LogP) is 4.93. The predicted molar refractivity (Wildman–Crippen MR) is 126 cm³/mol. The van der Waals surface area contributed by atoms with Gasteiger partial charge in [0.15, 0.2) is 14.2 Å². The van der Waals surface area contributed by atoms with Crippen LogP contribution in [0.1, 0.15) is 70.7 Å². The van der Waals surface area contributed by atoms with Gasteiger partial charge in [-0.25, -0.2) is 4.79 Å². The lowest BCUT2D eigenvalue weighted by molar-refractivity contribution is 0.0484. The van der Waals surface area contributed by atoms with E-state index in [1.807, 2.05) is 39.0 Å². The van der Waals surface area contributed by atoms with Crippen molar-refractivity contribution in [1.29, 1.82) is 0 Å². The Morgan fingerprint density at radius 1 is 1.26 bits per heavy atom. The Morgan fingerprint density at radius 2 is 1.90 bits per heavy atom. The lowest BCUT2D eigenvalue weighted by Crippen LogP contribution is -2.41. The number of oxime groups is 1. The van der Waals surface area contributed by atoms with E-state index < -0.39 is 20.0 Å². The van der Waals surface area contributed by atoms with Gasteiger partial charge in [0.2, 0.25) is 0 Å². The van der Waals surface area contributed by atoms with Gasteiger partial charge in [0.05, 0.1) is 6.04 Å². The second-order valence-corrected chi connectivity index (χ2v) is 15.7. The van der Waals surface area contributed by atoms with E-state index in [1.54, 1.807) is 0 Å². The normalized spacial score (nSPS) is 19.8. The molecule has 0 spiro atoms. The molecule has 2 atom stereocenters. The van der Waals surface area contributed by atoms with Gasteiger partial charge in [0.25, 0.3) is 0 Å². The molecule has 2 rings (SSSR count). The molecule has 1 aromatic carbocycles. The summed E-state index contributed by atoms with van der Waals surface area (Å²) in [5.74, 6) is 0.200. The van der Waals surface area contributed by atoms with Crippen LogP contribution in [0.4, 0.5) is 4.79 Å². The molecule has 0 saturated carbocycles. The largest absolute Gasteiger partial charge is 0.444 e. The first-order valence-electron chi connectivity index (χ1n) is 10.9. The van der Waals surface area contributed by atoms with Gasteiger partial charge >= 0.3 is 6.09 Å². The van der Waals surface area contributed by atoms with Crippen molar-refractivity contribution in [3.05, 3.63) is 34.9 Å². The molecule has 174 valence electrons. The zero-order valence-electron chi connectivity index (χ0n) is 20.2. The fourth-order valence-electron chi connectivity index (χ4n) is 3.63. The van der Waals surface area contributed by atoms with Crippen molar-refractivity contribution in [1.82, 2.24) is 5.32 Å². The first-order valence-corrected chi connectivity index (χ1v) is 13.8. The third-order valence-electron chi connectivity index (χ3n) is 6.30. The minimum Gasteiger partial charge on any atom is -0.444 e. The number of hydrogen-bond acceptors (Lipinski definition) is 5. The Labute approximate surface area is 187 Å². The number of nitrogens with one attached hydrogen (secondary N) is 1. The van der Waals surface area contributed by atoms with Gasteiger partial charge in [-0.05, 0) is 68.8 Å². The van der Waals surface area contributed by atoms with Crippen LogP contribution >= 0.6 is 0 Å². The summed E-state index contributed by atoms with van der Waals surface area (Å²) in [7, 11) is -1.86.